The number of carbonyl (C=O) groups is 1. The molecule has 76 valence electrons. The van der Waals surface area contributed by atoms with Crippen LogP contribution in [0.2, 0.25) is 0 Å². The molecule has 1 unspecified atom stereocenters. The van der Waals surface area contributed by atoms with Gasteiger partial charge < -0.3 is 10.6 Å². The fraction of sp³-hybridized carbons (Fsp3) is 0.778. The second kappa shape index (κ2) is 5.17. The zero-order chi connectivity index (χ0) is 10.6. The van der Waals surface area contributed by atoms with E-state index in [1.807, 2.05) is 20.8 Å². The van der Waals surface area contributed by atoms with Crippen molar-refractivity contribution in [3.8, 4) is 0 Å². The third-order valence-corrected chi connectivity index (χ3v) is 2.29. The van der Waals surface area contributed by atoms with Crippen LogP contribution >= 0.6 is 12.2 Å². The molecule has 0 saturated heterocycles. The Hall–Kier alpha value is -0.640. The van der Waals surface area contributed by atoms with Gasteiger partial charge in [-0.3, -0.25) is 4.79 Å². The van der Waals surface area contributed by atoms with E-state index >= 15 is 0 Å². The van der Waals surface area contributed by atoms with Crippen LogP contribution in [-0.4, -0.2) is 29.4 Å². The molecular formula is C9H18N2OS. The van der Waals surface area contributed by atoms with Crippen LogP contribution in [0.4, 0.5) is 0 Å². The van der Waals surface area contributed by atoms with E-state index in [0.717, 1.165) is 0 Å². The lowest BCUT2D eigenvalue weighted by molar-refractivity contribution is -0.134. The molecule has 0 spiro atoms. The molecule has 0 aliphatic heterocycles. The Morgan fingerprint density at radius 2 is 1.92 bits per heavy atom. The number of likely N-dealkylation sites (N-methyl/N-ethyl adjacent to an activating group) is 1. The van der Waals surface area contributed by atoms with Gasteiger partial charge in [-0.2, -0.15) is 0 Å². The molecule has 4 heteroatoms. The fourth-order valence-corrected chi connectivity index (χ4v) is 1.14. The van der Waals surface area contributed by atoms with E-state index in [1.165, 1.54) is 0 Å². The van der Waals surface area contributed by atoms with Crippen LogP contribution in [-0.2, 0) is 4.79 Å². The summed E-state index contributed by atoms with van der Waals surface area (Å²) in [6.45, 7) is 6.34. The quantitative estimate of drug-likeness (QED) is 0.692. The van der Waals surface area contributed by atoms with Gasteiger partial charge in [0.05, 0.1) is 11.5 Å². The molecule has 13 heavy (non-hydrogen) atoms. The molecule has 0 bridgehead atoms. The largest absolute Gasteiger partial charge is 0.392 e. The summed E-state index contributed by atoms with van der Waals surface area (Å²) in [7, 11) is 1.72. The van der Waals surface area contributed by atoms with Crippen molar-refractivity contribution in [1.82, 2.24) is 4.90 Å². The van der Waals surface area contributed by atoms with Crippen LogP contribution in [0.3, 0.4) is 0 Å². The summed E-state index contributed by atoms with van der Waals surface area (Å²) in [6.07, 6.45) is 0. The van der Waals surface area contributed by atoms with Crippen molar-refractivity contribution in [2.24, 2.45) is 17.6 Å². The maximum absolute atomic E-state index is 11.6. The highest BCUT2D eigenvalue weighted by atomic mass is 32.1. The normalized spacial score (nSPS) is 12.7. The van der Waals surface area contributed by atoms with Crippen LogP contribution < -0.4 is 5.73 Å². The Morgan fingerprint density at radius 3 is 2.23 bits per heavy atom. The molecule has 2 N–H and O–H groups in total. The molecule has 0 aromatic rings. The average Bonchev–Trinajstić information content (AvgIpc) is 2.00. The maximum atomic E-state index is 11.6. The third kappa shape index (κ3) is 4.22. The molecule has 0 aromatic carbocycles. The SMILES string of the molecule is CC(C)C(C)C(=O)N(C)CC(N)=S. The topological polar surface area (TPSA) is 46.3 Å². The van der Waals surface area contributed by atoms with Gasteiger partial charge >= 0.3 is 0 Å². The molecule has 1 amide bonds. The van der Waals surface area contributed by atoms with Gasteiger partial charge in [0.1, 0.15) is 0 Å². The van der Waals surface area contributed by atoms with Crippen molar-refractivity contribution in [2.75, 3.05) is 13.6 Å². The number of amides is 1. The summed E-state index contributed by atoms with van der Waals surface area (Å²) in [6, 6.07) is 0. The van der Waals surface area contributed by atoms with Gasteiger partial charge in [-0.05, 0) is 5.92 Å². The van der Waals surface area contributed by atoms with Crippen molar-refractivity contribution in [3.63, 3.8) is 0 Å². The lowest BCUT2D eigenvalue weighted by Gasteiger charge is -2.22. The van der Waals surface area contributed by atoms with Gasteiger partial charge in [0.2, 0.25) is 5.91 Å². The Kier molecular flexibility index (Phi) is 4.91. The van der Waals surface area contributed by atoms with Crippen molar-refractivity contribution < 1.29 is 4.79 Å². The van der Waals surface area contributed by atoms with Crippen LogP contribution in [0.1, 0.15) is 20.8 Å². The van der Waals surface area contributed by atoms with E-state index in [2.05, 4.69) is 0 Å². The number of hydrogen-bond acceptors (Lipinski definition) is 2. The van der Waals surface area contributed by atoms with Crippen molar-refractivity contribution >= 4 is 23.1 Å². The molecule has 0 fully saturated rings. The maximum Gasteiger partial charge on any atom is 0.225 e. The van der Waals surface area contributed by atoms with Gasteiger partial charge in [0, 0.05) is 13.0 Å². The molecular weight excluding hydrogens is 184 g/mol. The second-order valence-electron chi connectivity index (χ2n) is 3.69. The van der Waals surface area contributed by atoms with E-state index in [9.17, 15) is 4.79 Å². The van der Waals surface area contributed by atoms with Gasteiger partial charge in [-0.1, -0.05) is 33.0 Å². The number of rotatable bonds is 4. The predicted octanol–water partition coefficient (Wildman–Crippen LogP) is 1.02. The smallest absolute Gasteiger partial charge is 0.225 e. The Bertz CT molecular complexity index is 204. The molecule has 0 aliphatic carbocycles. The number of nitrogens with two attached hydrogens (primary N) is 1. The van der Waals surface area contributed by atoms with E-state index in [1.54, 1.807) is 11.9 Å². The first-order valence-corrected chi connectivity index (χ1v) is 4.80. The Morgan fingerprint density at radius 1 is 1.46 bits per heavy atom. The lowest BCUT2D eigenvalue weighted by atomic mass is 9.97. The second-order valence-corrected chi connectivity index (χ2v) is 4.22. The highest BCUT2D eigenvalue weighted by Gasteiger charge is 2.20. The molecule has 0 aliphatic rings. The van der Waals surface area contributed by atoms with Crippen molar-refractivity contribution in [3.05, 3.63) is 0 Å². The van der Waals surface area contributed by atoms with Crippen molar-refractivity contribution in [2.45, 2.75) is 20.8 Å². The molecule has 0 heterocycles. The van der Waals surface area contributed by atoms with Crippen LogP contribution in [0, 0.1) is 11.8 Å². The molecule has 3 nitrogen and oxygen atoms in total. The van der Waals surface area contributed by atoms with E-state index in [0.29, 0.717) is 17.5 Å². The Labute approximate surface area is 85.3 Å². The van der Waals surface area contributed by atoms with Gasteiger partial charge in [-0.25, -0.2) is 0 Å². The Balaban J connectivity index is 4.17. The minimum absolute atomic E-state index is 0.0272. The van der Waals surface area contributed by atoms with Crippen LogP contribution in [0.25, 0.3) is 0 Å². The number of carbonyl (C=O) groups excluding carboxylic acids is 1. The van der Waals surface area contributed by atoms with E-state index in [-0.39, 0.29) is 11.8 Å². The minimum atomic E-state index is 0.0272. The highest BCUT2D eigenvalue weighted by molar-refractivity contribution is 7.80. The first-order chi connectivity index (χ1) is 5.86. The summed E-state index contributed by atoms with van der Waals surface area (Å²) in [5.41, 5.74) is 5.34. The summed E-state index contributed by atoms with van der Waals surface area (Å²) in [5.74, 6) is 0.475. The number of hydrogen-bond donors (Lipinski definition) is 1. The average molecular weight is 202 g/mol. The summed E-state index contributed by atoms with van der Waals surface area (Å²) < 4.78 is 0. The summed E-state index contributed by atoms with van der Waals surface area (Å²) in [5, 5.41) is 0. The fourth-order valence-electron chi connectivity index (χ4n) is 0.944. The van der Waals surface area contributed by atoms with Gasteiger partial charge in [0.15, 0.2) is 0 Å². The van der Waals surface area contributed by atoms with Gasteiger partial charge in [-0.15, -0.1) is 0 Å². The first kappa shape index (κ1) is 12.4. The summed E-state index contributed by atoms with van der Waals surface area (Å²) >= 11 is 4.73. The standard InChI is InChI=1S/C9H18N2OS/c1-6(2)7(3)9(12)11(4)5-8(10)13/h6-7H,5H2,1-4H3,(H2,10,13). The molecule has 0 aromatic heterocycles. The van der Waals surface area contributed by atoms with Crippen molar-refractivity contribution in [1.29, 1.82) is 0 Å². The first-order valence-electron chi connectivity index (χ1n) is 4.39. The van der Waals surface area contributed by atoms with E-state index in [4.69, 9.17) is 18.0 Å². The van der Waals surface area contributed by atoms with Crippen LogP contribution in [0.5, 0.6) is 0 Å². The predicted molar refractivity (Wildman–Crippen MR) is 58.4 cm³/mol. The highest BCUT2D eigenvalue weighted by Crippen LogP contribution is 2.11. The monoisotopic (exact) mass is 202 g/mol. The zero-order valence-electron chi connectivity index (χ0n) is 8.70. The third-order valence-electron chi connectivity index (χ3n) is 2.16. The number of nitrogens with zero attached hydrogens (tertiary/aromatic N) is 1. The van der Waals surface area contributed by atoms with Crippen LogP contribution in [0.15, 0.2) is 0 Å². The molecule has 0 radical (unpaired) electrons. The molecule has 1 atom stereocenters. The molecule has 0 saturated carbocycles. The van der Waals surface area contributed by atoms with E-state index < -0.39 is 0 Å². The molecule has 0 rings (SSSR count). The lowest BCUT2D eigenvalue weighted by Crippen LogP contribution is -2.38. The summed E-state index contributed by atoms with van der Waals surface area (Å²) in [4.78, 5) is 13.6. The van der Waals surface area contributed by atoms with Gasteiger partial charge in [0.25, 0.3) is 0 Å². The zero-order valence-corrected chi connectivity index (χ0v) is 9.52. The number of thiocarbonyl (C=S) groups is 1. The minimum Gasteiger partial charge on any atom is -0.392 e.